The van der Waals surface area contributed by atoms with Gasteiger partial charge in [0, 0.05) is 11.1 Å². The van der Waals surface area contributed by atoms with E-state index in [4.69, 9.17) is 28.9 Å². The van der Waals surface area contributed by atoms with Crippen LogP contribution in [-0.4, -0.2) is 23.4 Å². The number of amides is 2. The first-order valence-electron chi connectivity index (χ1n) is 6.38. The van der Waals surface area contributed by atoms with E-state index in [1.165, 1.54) is 12.1 Å². The summed E-state index contributed by atoms with van der Waals surface area (Å²) in [4.78, 5) is 24.0. The van der Waals surface area contributed by atoms with Crippen molar-refractivity contribution >= 4 is 40.7 Å². The van der Waals surface area contributed by atoms with E-state index in [1.807, 2.05) is 20.8 Å². The molecule has 0 aliphatic rings. The van der Waals surface area contributed by atoms with Gasteiger partial charge in [0.15, 0.2) is 0 Å². The Morgan fingerprint density at radius 2 is 1.81 bits per heavy atom. The number of benzene rings is 1. The topological polar surface area (TPSA) is 84.2 Å². The van der Waals surface area contributed by atoms with Crippen molar-refractivity contribution in [1.82, 2.24) is 10.6 Å². The summed E-state index contributed by atoms with van der Waals surface area (Å²) >= 11 is 11.7. The lowest BCUT2D eigenvalue weighted by Gasteiger charge is -2.23. The molecule has 116 valence electrons. The summed E-state index contributed by atoms with van der Waals surface area (Å²) in [6, 6.07) is 2.13. The van der Waals surface area contributed by atoms with Crippen LogP contribution in [0.2, 0.25) is 10.0 Å². The normalized spacial score (nSPS) is 12.7. The maximum atomic E-state index is 12.1. The van der Waals surface area contributed by atoms with E-state index in [1.54, 1.807) is 6.92 Å². The zero-order valence-corrected chi connectivity index (χ0v) is 13.9. The quantitative estimate of drug-likeness (QED) is 0.744. The maximum absolute atomic E-state index is 12.1. The fourth-order valence-corrected chi connectivity index (χ4v) is 1.90. The predicted molar refractivity (Wildman–Crippen MR) is 85.7 cm³/mol. The van der Waals surface area contributed by atoms with Gasteiger partial charge in [-0.25, -0.2) is 0 Å². The molecular formula is C14H19Cl2N3O2. The standard InChI is InChI=1S/C14H19Cl2N3O2/c1-7(12(20)19-14(2,3)4)18-13(21)8-5-9(15)11(16)10(17)6-8/h5-7H,17H2,1-4H3,(H,18,21)(H,19,20). The van der Waals surface area contributed by atoms with Crippen LogP contribution in [0.15, 0.2) is 12.1 Å². The van der Waals surface area contributed by atoms with Gasteiger partial charge >= 0.3 is 0 Å². The first kappa shape index (κ1) is 17.6. The van der Waals surface area contributed by atoms with Gasteiger partial charge in [0.05, 0.1) is 15.7 Å². The van der Waals surface area contributed by atoms with Gasteiger partial charge in [-0.1, -0.05) is 23.2 Å². The lowest BCUT2D eigenvalue weighted by molar-refractivity contribution is -0.124. The summed E-state index contributed by atoms with van der Waals surface area (Å²) in [5.74, 6) is -0.722. The molecule has 1 atom stereocenters. The van der Waals surface area contributed by atoms with E-state index in [0.717, 1.165) is 0 Å². The van der Waals surface area contributed by atoms with Crippen LogP contribution in [0.25, 0.3) is 0 Å². The van der Waals surface area contributed by atoms with Crippen LogP contribution in [0, 0.1) is 0 Å². The zero-order chi connectivity index (χ0) is 16.4. The molecule has 0 radical (unpaired) electrons. The highest BCUT2D eigenvalue weighted by atomic mass is 35.5. The Labute approximate surface area is 134 Å². The number of hydrogen-bond acceptors (Lipinski definition) is 3. The average Bonchev–Trinajstić information content (AvgIpc) is 2.32. The summed E-state index contributed by atoms with van der Waals surface area (Å²) in [7, 11) is 0. The third-order valence-corrected chi connectivity index (χ3v) is 3.37. The first-order chi connectivity index (χ1) is 9.51. The van der Waals surface area contributed by atoms with Crippen LogP contribution in [0.1, 0.15) is 38.1 Å². The smallest absolute Gasteiger partial charge is 0.252 e. The number of nitrogen functional groups attached to an aromatic ring is 1. The fourth-order valence-electron chi connectivity index (χ4n) is 1.56. The Kier molecular flexibility index (Phi) is 5.48. The molecule has 4 N–H and O–H groups in total. The molecular weight excluding hydrogens is 313 g/mol. The number of nitrogens with two attached hydrogens (primary N) is 1. The maximum Gasteiger partial charge on any atom is 0.252 e. The van der Waals surface area contributed by atoms with Crippen molar-refractivity contribution in [3.63, 3.8) is 0 Å². The van der Waals surface area contributed by atoms with Gasteiger partial charge in [-0.05, 0) is 39.8 Å². The molecule has 0 aliphatic carbocycles. The minimum absolute atomic E-state index is 0.189. The number of carbonyl (C=O) groups is 2. The SMILES string of the molecule is CC(NC(=O)c1cc(N)c(Cl)c(Cl)c1)C(=O)NC(C)(C)C. The number of hydrogen-bond donors (Lipinski definition) is 3. The van der Waals surface area contributed by atoms with Crippen molar-refractivity contribution in [1.29, 1.82) is 0 Å². The Hall–Kier alpha value is -1.46. The molecule has 0 heterocycles. The second-order valence-corrected chi connectivity index (χ2v) is 6.58. The number of halogens is 2. The Bertz CT molecular complexity index is 545. The highest BCUT2D eigenvalue weighted by Gasteiger charge is 2.21. The number of rotatable bonds is 3. The molecule has 5 nitrogen and oxygen atoms in total. The molecule has 0 spiro atoms. The molecule has 21 heavy (non-hydrogen) atoms. The van der Waals surface area contributed by atoms with Crippen molar-refractivity contribution in [2.45, 2.75) is 39.3 Å². The molecule has 1 aromatic carbocycles. The second kappa shape index (κ2) is 6.54. The van der Waals surface area contributed by atoms with Gasteiger partial charge in [0.1, 0.15) is 6.04 Å². The largest absolute Gasteiger partial charge is 0.397 e. The second-order valence-electron chi connectivity index (χ2n) is 5.80. The molecule has 0 saturated carbocycles. The van der Waals surface area contributed by atoms with E-state index >= 15 is 0 Å². The van der Waals surface area contributed by atoms with Crippen molar-refractivity contribution in [2.75, 3.05) is 5.73 Å². The summed E-state index contributed by atoms with van der Waals surface area (Å²) in [6.07, 6.45) is 0. The van der Waals surface area contributed by atoms with E-state index in [-0.39, 0.29) is 32.7 Å². The highest BCUT2D eigenvalue weighted by molar-refractivity contribution is 6.43. The third-order valence-electron chi connectivity index (χ3n) is 2.56. The molecule has 0 aliphatic heterocycles. The van der Waals surface area contributed by atoms with Crippen molar-refractivity contribution < 1.29 is 9.59 Å². The minimum atomic E-state index is -0.688. The van der Waals surface area contributed by atoms with Gasteiger partial charge < -0.3 is 16.4 Å². The fraction of sp³-hybridized carbons (Fsp3) is 0.429. The van der Waals surface area contributed by atoms with Crippen molar-refractivity contribution in [2.24, 2.45) is 0 Å². The van der Waals surface area contributed by atoms with Gasteiger partial charge in [0.25, 0.3) is 5.91 Å². The van der Waals surface area contributed by atoms with Crippen LogP contribution in [0.5, 0.6) is 0 Å². The average molecular weight is 332 g/mol. The van der Waals surface area contributed by atoms with Crippen molar-refractivity contribution in [3.8, 4) is 0 Å². The molecule has 0 bridgehead atoms. The molecule has 0 aromatic heterocycles. The Morgan fingerprint density at radius 3 is 2.29 bits per heavy atom. The van der Waals surface area contributed by atoms with E-state index < -0.39 is 11.9 Å². The van der Waals surface area contributed by atoms with Crippen LogP contribution in [0.3, 0.4) is 0 Å². The molecule has 1 aromatic rings. The first-order valence-corrected chi connectivity index (χ1v) is 7.14. The van der Waals surface area contributed by atoms with Gasteiger partial charge in [0.2, 0.25) is 5.91 Å². The molecule has 0 fully saturated rings. The zero-order valence-electron chi connectivity index (χ0n) is 12.4. The Balaban J connectivity index is 2.80. The van der Waals surface area contributed by atoms with Gasteiger partial charge in [-0.2, -0.15) is 0 Å². The van der Waals surface area contributed by atoms with Crippen LogP contribution >= 0.6 is 23.2 Å². The van der Waals surface area contributed by atoms with Crippen molar-refractivity contribution in [3.05, 3.63) is 27.7 Å². The van der Waals surface area contributed by atoms with E-state index in [9.17, 15) is 9.59 Å². The monoisotopic (exact) mass is 331 g/mol. The molecule has 7 heteroatoms. The third kappa shape index (κ3) is 5.10. The molecule has 0 saturated heterocycles. The molecule has 1 rings (SSSR count). The van der Waals surface area contributed by atoms with Gasteiger partial charge in [-0.15, -0.1) is 0 Å². The highest BCUT2D eigenvalue weighted by Crippen LogP contribution is 2.29. The van der Waals surface area contributed by atoms with E-state index in [2.05, 4.69) is 10.6 Å². The van der Waals surface area contributed by atoms with E-state index in [0.29, 0.717) is 0 Å². The lowest BCUT2D eigenvalue weighted by atomic mass is 10.1. The Morgan fingerprint density at radius 1 is 1.24 bits per heavy atom. The van der Waals surface area contributed by atoms with Crippen LogP contribution in [0.4, 0.5) is 5.69 Å². The number of carbonyl (C=O) groups excluding carboxylic acids is 2. The molecule has 2 amide bonds. The summed E-state index contributed by atoms with van der Waals surface area (Å²) in [5.41, 5.74) is 5.74. The minimum Gasteiger partial charge on any atom is -0.397 e. The number of nitrogens with one attached hydrogen (secondary N) is 2. The summed E-state index contributed by atoms with van der Waals surface area (Å²) in [6.45, 7) is 7.18. The van der Waals surface area contributed by atoms with Gasteiger partial charge in [-0.3, -0.25) is 9.59 Å². The number of anilines is 1. The van der Waals surface area contributed by atoms with Crippen LogP contribution in [-0.2, 0) is 4.79 Å². The molecule has 1 unspecified atom stereocenters. The van der Waals surface area contributed by atoms with Crippen LogP contribution < -0.4 is 16.4 Å². The summed E-state index contributed by atoms with van der Waals surface area (Å²) in [5, 5.41) is 5.76. The predicted octanol–water partition coefficient (Wildman–Crippen LogP) is 2.61. The summed E-state index contributed by atoms with van der Waals surface area (Å²) < 4.78 is 0. The lowest BCUT2D eigenvalue weighted by Crippen LogP contribution is -2.50.